The molecule has 0 saturated carbocycles. The monoisotopic (exact) mass is 367 g/mol. The van der Waals surface area contributed by atoms with E-state index in [-0.39, 0.29) is 16.4 Å². The maximum absolute atomic E-state index is 12.6. The molecule has 0 aromatic heterocycles. The zero-order valence-electron chi connectivity index (χ0n) is 14.6. The maximum Gasteiger partial charge on any atom is 0.251 e. The fourth-order valence-corrected chi connectivity index (χ4v) is 4.19. The van der Waals surface area contributed by atoms with E-state index >= 15 is 0 Å². The second-order valence-corrected chi connectivity index (χ2v) is 8.06. The van der Waals surface area contributed by atoms with Crippen LogP contribution in [0.3, 0.4) is 0 Å². The van der Waals surface area contributed by atoms with E-state index in [4.69, 9.17) is 0 Å². The molecule has 1 atom stereocenters. The zero-order chi connectivity index (χ0) is 18.4. The molecule has 2 rings (SSSR count). The summed E-state index contributed by atoms with van der Waals surface area (Å²) in [7, 11) is -3.58. The van der Waals surface area contributed by atoms with Gasteiger partial charge in [-0.2, -0.15) is 4.31 Å². The van der Waals surface area contributed by atoms with Crippen LogP contribution in [0.2, 0.25) is 0 Å². The lowest BCUT2D eigenvalue weighted by Gasteiger charge is -2.17. The standard InChI is InChI=1S/C17H25N3O4S/c1-3-9-18-16(21)13(2)19-17(22)14-7-6-8-15(12-14)25(23,24)20-10-4-5-11-20/h6-8,12-13H,3-5,9-11H2,1-2H3,(H,18,21)(H,19,22)/t13-/m1/s1. The Kier molecular flexibility index (Phi) is 6.55. The van der Waals surface area contributed by atoms with Gasteiger partial charge in [-0.15, -0.1) is 0 Å². The number of nitrogens with zero attached hydrogens (tertiary/aromatic N) is 1. The molecule has 1 aromatic rings. The predicted octanol–water partition coefficient (Wildman–Crippen LogP) is 1.12. The van der Waals surface area contributed by atoms with Gasteiger partial charge in [-0.25, -0.2) is 8.42 Å². The number of carbonyl (C=O) groups is 2. The molecular formula is C17H25N3O4S. The van der Waals surface area contributed by atoms with Crippen molar-refractivity contribution in [2.24, 2.45) is 0 Å². The van der Waals surface area contributed by atoms with Crippen molar-refractivity contribution in [1.29, 1.82) is 0 Å². The highest BCUT2D eigenvalue weighted by molar-refractivity contribution is 7.89. The van der Waals surface area contributed by atoms with Crippen LogP contribution in [-0.2, 0) is 14.8 Å². The zero-order valence-corrected chi connectivity index (χ0v) is 15.4. The Bertz CT molecular complexity index is 727. The normalized spacial score (nSPS) is 16.4. The summed E-state index contributed by atoms with van der Waals surface area (Å²) in [6, 6.07) is 5.23. The first-order chi connectivity index (χ1) is 11.9. The van der Waals surface area contributed by atoms with Crippen LogP contribution in [0.5, 0.6) is 0 Å². The molecule has 0 radical (unpaired) electrons. The van der Waals surface area contributed by atoms with Crippen LogP contribution in [0.4, 0.5) is 0 Å². The number of amides is 2. The molecule has 1 heterocycles. The first kappa shape index (κ1) is 19.4. The van der Waals surface area contributed by atoms with Gasteiger partial charge in [0.15, 0.2) is 0 Å². The second kappa shape index (κ2) is 8.44. The molecule has 1 aliphatic heterocycles. The van der Waals surface area contributed by atoms with Crippen molar-refractivity contribution < 1.29 is 18.0 Å². The average molecular weight is 367 g/mol. The molecule has 7 nitrogen and oxygen atoms in total. The summed E-state index contributed by atoms with van der Waals surface area (Å²) in [6.07, 6.45) is 2.51. The van der Waals surface area contributed by atoms with E-state index < -0.39 is 22.0 Å². The summed E-state index contributed by atoms with van der Waals surface area (Å²) in [4.78, 5) is 24.3. The van der Waals surface area contributed by atoms with Gasteiger partial charge in [0.05, 0.1) is 4.90 Å². The molecule has 0 bridgehead atoms. The highest BCUT2D eigenvalue weighted by Crippen LogP contribution is 2.21. The first-order valence-electron chi connectivity index (χ1n) is 8.55. The molecule has 1 aromatic carbocycles. The third-order valence-corrected chi connectivity index (χ3v) is 5.98. The highest BCUT2D eigenvalue weighted by atomic mass is 32.2. The van der Waals surface area contributed by atoms with E-state index in [1.165, 1.54) is 22.5 Å². The van der Waals surface area contributed by atoms with Gasteiger partial charge < -0.3 is 10.6 Å². The average Bonchev–Trinajstić information content (AvgIpc) is 3.15. The van der Waals surface area contributed by atoms with Crippen LogP contribution < -0.4 is 10.6 Å². The van der Waals surface area contributed by atoms with Gasteiger partial charge in [0.2, 0.25) is 15.9 Å². The van der Waals surface area contributed by atoms with Crippen molar-refractivity contribution >= 4 is 21.8 Å². The minimum atomic E-state index is -3.58. The fourth-order valence-electron chi connectivity index (χ4n) is 2.62. The SMILES string of the molecule is CCCNC(=O)[C@@H](C)NC(=O)c1cccc(S(=O)(=O)N2CCCC2)c1. The van der Waals surface area contributed by atoms with E-state index in [1.54, 1.807) is 13.0 Å². The Morgan fingerprint density at radius 3 is 2.56 bits per heavy atom. The Labute approximate surface area is 148 Å². The topological polar surface area (TPSA) is 95.6 Å². The van der Waals surface area contributed by atoms with Crippen molar-refractivity contribution in [3.8, 4) is 0 Å². The smallest absolute Gasteiger partial charge is 0.251 e. The van der Waals surface area contributed by atoms with Gasteiger partial charge in [-0.05, 0) is 44.4 Å². The lowest BCUT2D eigenvalue weighted by molar-refractivity contribution is -0.122. The maximum atomic E-state index is 12.6. The Balaban J connectivity index is 2.10. The first-order valence-corrected chi connectivity index (χ1v) is 9.99. The largest absolute Gasteiger partial charge is 0.354 e. The minimum absolute atomic E-state index is 0.102. The van der Waals surface area contributed by atoms with E-state index in [0.717, 1.165) is 19.3 Å². The molecule has 0 unspecified atom stereocenters. The predicted molar refractivity (Wildman–Crippen MR) is 94.7 cm³/mol. The summed E-state index contributed by atoms with van der Waals surface area (Å²) in [5.74, 6) is -0.742. The van der Waals surface area contributed by atoms with E-state index in [1.807, 2.05) is 6.92 Å². The molecule has 8 heteroatoms. The van der Waals surface area contributed by atoms with Gasteiger partial charge in [0, 0.05) is 25.2 Å². The van der Waals surface area contributed by atoms with Crippen LogP contribution >= 0.6 is 0 Å². The fraction of sp³-hybridized carbons (Fsp3) is 0.529. The molecular weight excluding hydrogens is 342 g/mol. The van der Waals surface area contributed by atoms with Crippen LogP contribution in [0.15, 0.2) is 29.2 Å². The molecule has 1 aliphatic rings. The van der Waals surface area contributed by atoms with Crippen molar-refractivity contribution in [1.82, 2.24) is 14.9 Å². The Morgan fingerprint density at radius 2 is 1.92 bits per heavy atom. The van der Waals surface area contributed by atoms with Crippen LogP contribution in [0.25, 0.3) is 0 Å². The minimum Gasteiger partial charge on any atom is -0.354 e. The van der Waals surface area contributed by atoms with Gasteiger partial charge in [-0.3, -0.25) is 9.59 Å². The number of hydrogen-bond acceptors (Lipinski definition) is 4. The lowest BCUT2D eigenvalue weighted by Crippen LogP contribution is -2.45. The summed E-state index contributed by atoms with van der Waals surface area (Å²) in [6.45, 7) is 5.09. The summed E-state index contributed by atoms with van der Waals surface area (Å²) < 4.78 is 26.6. The molecule has 1 fully saturated rings. The number of hydrogen-bond donors (Lipinski definition) is 2. The van der Waals surface area contributed by atoms with E-state index in [0.29, 0.717) is 19.6 Å². The van der Waals surface area contributed by atoms with Gasteiger partial charge >= 0.3 is 0 Å². The highest BCUT2D eigenvalue weighted by Gasteiger charge is 2.27. The van der Waals surface area contributed by atoms with Crippen molar-refractivity contribution in [2.45, 2.75) is 44.0 Å². The molecule has 2 amide bonds. The van der Waals surface area contributed by atoms with Crippen molar-refractivity contribution in [3.63, 3.8) is 0 Å². The van der Waals surface area contributed by atoms with Crippen LogP contribution in [0.1, 0.15) is 43.5 Å². The van der Waals surface area contributed by atoms with E-state index in [2.05, 4.69) is 10.6 Å². The summed E-state index contributed by atoms with van der Waals surface area (Å²) in [5, 5.41) is 5.30. The Morgan fingerprint density at radius 1 is 1.24 bits per heavy atom. The molecule has 0 aliphatic carbocycles. The number of sulfonamides is 1. The van der Waals surface area contributed by atoms with Crippen LogP contribution in [-0.4, -0.2) is 50.2 Å². The van der Waals surface area contributed by atoms with E-state index in [9.17, 15) is 18.0 Å². The van der Waals surface area contributed by atoms with Gasteiger partial charge in [0.25, 0.3) is 5.91 Å². The molecule has 25 heavy (non-hydrogen) atoms. The number of carbonyl (C=O) groups excluding carboxylic acids is 2. The lowest BCUT2D eigenvalue weighted by atomic mass is 10.2. The molecule has 0 spiro atoms. The van der Waals surface area contributed by atoms with Crippen molar-refractivity contribution in [2.75, 3.05) is 19.6 Å². The third-order valence-electron chi connectivity index (χ3n) is 4.09. The molecule has 1 saturated heterocycles. The number of nitrogens with one attached hydrogen (secondary N) is 2. The van der Waals surface area contributed by atoms with Crippen LogP contribution in [0, 0.1) is 0 Å². The Hall–Kier alpha value is -1.93. The number of rotatable bonds is 7. The number of benzene rings is 1. The quantitative estimate of drug-likeness (QED) is 0.755. The van der Waals surface area contributed by atoms with Gasteiger partial charge in [0.1, 0.15) is 6.04 Å². The molecule has 2 N–H and O–H groups in total. The summed E-state index contributed by atoms with van der Waals surface area (Å²) in [5.41, 5.74) is 0.218. The summed E-state index contributed by atoms with van der Waals surface area (Å²) >= 11 is 0. The molecule has 138 valence electrons. The van der Waals surface area contributed by atoms with Gasteiger partial charge in [-0.1, -0.05) is 13.0 Å². The van der Waals surface area contributed by atoms with Crippen molar-refractivity contribution in [3.05, 3.63) is 29.8 Å². The third kappa shape index (κ3) is 4.79. The second-order valence-electron chi connectivity index (χ2n) is 6.13.